The van der Waals surface area contributed by atoms with Crippen molar-refractivity contribution < 1.29 is 14.6 Å². The molecule has 5 nitrogen and oxygen atoms in total. The molecule has 24 heavy (non-hydrogen) atoms. The number of nitrogens with zero attached hydrogens (tertiary/aromatic N) is 2. The molecular weight excluding hydrogens is 324 g/mol. The van der Waals surface area contributed by atoms with Crippen molar-refractivity contribution in [3.63, 3.8) is 0 Å². The Labute approximate surface area is 144 Å². The van der Waals surface area contributed by atoms with Gasteiger partial charge in [0, 0.05) is 11.1 Å². The molecule has 2 heterocycles. The lowest BCUT2D eigenvalue weighted by molar-refractivity contribution is -0.136. The molecule has 3 rings (SSSR count). The van der Waals surface area contributed by atoms with E-state index >= 15 is 0 Å². The van der Waals surface area contributed by atoms with E-state index in [1.165, 1.54) is 4.88 Å². The molecule has 0 atom stereocenters. The molecule has 0 amide bonds. The van der Waals surface area contributed by atoms with E-state index in [2.05, 4.69) is 18.8 Å². The van der Waals surface area contributed by atoms with Crippen molar-refractivity contribution in [3.05, 3.63) is 41.0 Å². The van der Waals surface area contributed by atoms with Gasteiger partial charge in [-0.05, 0) is 42.7 Å². The Hall–Kier alpha value is -2.34. The minimum atomic E-state index is -0.865. The summed E-state index contributed by atoms with van der Waals surface area (Å²) in [4.78, 5) is 17.4. The normalized spacial score (nSPS) is 11.1. The summed E-state index contributed by atoms with van der Waals surface area (Å²) in [5.74, 6) is -0.00207. The Morgan fingerprint density at radius 3 is 2.67 bits per heavy atom. The van der Waals surface area contributed by atoms with Crippen LogP contribution in [0.25, 0.3) is 16.2 Å². The van der Waals surface area contributed by atoms with Crippen molar-refractivity contribution in [1.29, 1.82) is 0 Å². The Kier molecular flexibility index (Phi) is 4.85. The van der Waals surface area contributed by atoms with Crippen LogP contribution in [0.15, 0.2) is 30.5 Å². The number of benzene rings is 1. The highest BCUT2D eigenvalue weighted by molar-refractivity contribution is 7.17. The molecule has 0 aliphatic carbocycles. The van der Waals surface area contributed by atoms with Gasteiger partial charge in [0.2, 0.25) is 0 Å². The maximum atomic E-state index is 10.9. The Morgan fingerprint density at radius 1 is 1.29 bits per heavy atom. The summed E-state index contributed by atoms with van der Waals surface area (Å²) < 4.78 is 7.64. The molecule has 0 radical (unpaired) electrons. The minimum Gasteiger partial charge on any atom is -0.494 e. The number of aliphatic carboxylic acids is 1. The van der Waals surface area contributed by atoms with E-state index in [0.29, 0.717) is 12.3 Å². The molecule has 0 aliphatic rings. The third-order valence-corrected chi connectivity index (χ3v) is 4.90. The van der Waals surface area contributed by atoms with Crippen molar-refractivity contribution in [2.45, 2.75) is 33.1 Å². The largest absolute Gasteiger partial charge is 0.494 e. The Bertz CT molecular complexity index is 849. The number of ether oxygens (including phenoxy) is 1. The number of fused-ring (bicyclic) bond motifs is 1. The monoisotopic (exact) mass is 344 g/mol. The molecule has 0 unspecified atom stereocenters. The van der Waals surface area contributed by atoms with Crippen LogP contribution in [-0.4, -0.2) is 27.1 Å². The van der Waals surface area contributed by atoms with E-state index in [-0.39, 0.29) is 6.42 Å². The summed E-state index contributed by atoms with van der Waals surface area (Å²) in [6, 6.07) is 8.04. The fourth-order valence-electron chi connectivity index (χ4n) is 2.64. The molecule has 6 heteroatoms. The number of rotatable bonds is 7. The first-order valence-electron chi connectivity index (χ1n) is 8.07. The molecule has 0 bridgehead atoms. The minimum absolute atomic E-state index is 0.0565. The van der Waals surface area contributed by atoms with E-state index in [1.54, 1.807) is 11.3 Å². The van der Waals surface area contributed by atoms with Crippen LogP contribution in [0.4, 0.5) is 0 Å². The molecule has 0 saturated carbocycles. The number of carbonyl (C=O) groups is 1. The molecule has 0 aliphatic heterocycles. The van der Waals surface area contributed by atoms with Crippen LogP contribution in [-0.2, 0) is 17.6 Å². The van der Waals surface area contributed by atoms with Gasteiger partial charge >= 0.3 is 5.97 Å². The van der Waals surface area contributed by atoms with Gasteiger partial charge < -0.3 is 9.84 Å². The van der Waals surface area contributed by atoms with E-state index in [4.69, 9.17) is 9.84 Å². The molecule has 0 saturated heterocycles. The molecule has 0 fully saturated rings. The second-order valence-electron chi connectivity index (χ2n) is 5.56. The summed E-state index contributed by atoms with van der Waals surface area (Å²) in [6.45, 7) is 4.91. The lowest BCUT2D eigenvalue weighted by atomic mass is 10.1. The topological polar surface area (TPSA) is 63.8 Å². The van der Waals surface area contributed by atoms with Crippen molar-refractivity contribution in [2.24, 2.45) is 0 Å². The third-order valence-electron chi connectivity index (χ3n) is 3.70. The highest BCUT2D eigenvalue weighted by atomic mass is 32.1. The summed E-state index contributed by atoms with van der Waals surface area (Å²) >= 11 is 1.61. The summed E-state index contributed by atoms with van der Waals surface area (Å²) in [7, 11) is 0. The van der Waals surface area contributed by atoms with E-state index in [1.807, 2.05) is 34.9 Å². The summed E-state index contributed by atoms with van der Waals surface area (Å²) in [5, 5.41) is 8.96. The molecule has 1 aromatic carbocycles. The lowest BCUT2D eigenvalue weighted by Crippen LogP contribution is -2.00. The Balaban J connectivity index is 1.99. The van der Waals surface area contributed by atoms with E-state index in [9.17, 15) is 4.79 Å². The van der Waals surface area contributed by atoms with Gasteiger partial charge in [-0.1, -0.05) is 13.8 Å². The van der Waals surface area contributed by atoms with Crippen LogP contribution in [0.3, 0.4) is 0 Å². The number of aromatic nitrogens is 2. The zero-order valence-corrected chi connectivity index (χ0v) is 14.6. The number of hydrogen-bond acceptors (Lipinski definition) is 4. The second-order valence-corrected chi connectivity index (χ2v) is 6.62. The van der Waals surface area contributed by atoms with E-state index in [0.717, 1.165) is 34.8 Å². The van der Waals surface area contributed by atoms with Crippen LogP contribution < -0.4 is 4.74 Å². The summed E-state index contributed by atoms with van der Waals surface area (Å²) in [6.07, 6.45) is 3.66. The lowest BCUT2D eigenvalue weighted by Gasteiger charge is -2.07. The van der Waals surface area contributed by atoms with Crippen molar-refractivity contribution in [2.75, 3.05) is 6.61 Å². The second kappa shape index (κ2) is 7.05. The van der Waals surface area contributed by atoms with Gasteiger partial charge in [0.05, 0.1) is 24.4 Å². The van der Waals surface area contributed by atoms with Crippen LogP contribution in [0.1, 0.15) is 30.8 Å². The number of carboxylic acid groups (broad SMARTS) is 1. The van der Waals surface area contributed by atoms with Gasteiger partial charge in [-0.3, -0.25) is 9.20 Å². The average molecular weight is 344 g/mol. The molecular formula is C18H20N2O3S. The first-order valence-corrected chi connectivity index (χ1v) is 8.88. The molecule has 1 N–H and O–H groups in total. The van der Waals surface area contributed by atoms with Gasteiger partial charge in [0.1, 0.15) is 5.75 Å². The standard InChI is InChI=1S/C18H20N2O3S/c1-3-9-23-14-7-5-12(6-8-14)17-15(4-2)24-18-19-13(10-16(21)22)11-20(17)18/h5-8,11H,3-4,9-10H2,1-2H3,(H,21,22). The van der Waals surface area contributed by atoms with Gasteiger partial charge in [-0.2, -0.15) is 0 Å². The fraction of sp³-hybridized carbons (Fsp3) is 0.333. The van der Waals surface area contributed by atoms with Crippen molar-refractivity contribution >= 4 is 22.3 Å². The number of hydrogen-bond donors (Lipinski definition) is 1. The number of carboxylic acids is 1. The SMILES string of the molecule is CCCOc1ccc(-c2c(CC)sc3nc(CC(=O)O)cn23)cc1. The van der Waals surface area contributed by atoms with Gasteiger partial charge in [0.15, 0.2) is 4.96 Å². The molecule has 3 aromatic rings. The molecule has 126 valence electrons. The number of imidazole rings is 1. The maximum Gasteiger partial charge on any atom is 0.309 e. The Morgan fingerprint density at radius 2 is 2.04 bits per heavy atom. The number of thiazole rings is 1. The maximum absolute atomic E-state index is 10.9. The highest BCUT2D eigenvalue weighted by Crippen LogP contribution is 2.33. The van der Waals surface area contributed by atoms with Crippen molar-refractivity contribution in [3.8, 4) is 17.0 Å². The van der Waals surface area contributed by atoms with E-state index < -0.39 is 5.97 Å². The smallest absolute Gasteiger partial charge is 0.309 e. The fourth-order valence-corrected chi connectivity index (χ4v) is 3.73. The summed E-state index contributed by atoms with van der Waals surface area (Å²) in [5.41, 5.74) is 2.76. The highest BCUT2D eigenvalue weighted by Gasteiger charge is 2.16. The predicted molar refractivity (Wildman–Crippen MR) is 95.0 cm³/mol. The van der Waals surface area contributed by atoms with Gasteiger partial charge in [-0.25, -0.2) is 4.98 Å². The quantitative estimate of drug-likeness (QED) is 0.702. The first-order chi connectivity index (χ1) is 11.6. The van der Waals surface area contributed by atoms with Crippen LogP contribution in [0.2, 0.25) is 0 Å². The first kappa shape index (κ1) is 16.5. The van der Waals surface area contributed by atoms with Gasteiger partial charge in [0.25, 0.3) is 0 Å². The van der Waals surface area contributed by atoms with Gasteiger partial charge in [-0.15, -0.1) is 11.3 Å². The average Bonchev–Trinajstić information content (AvgIpc) is 3.09. The predicted octanol–water partition coefficient (Wildman–Crippen LogP) is 4.04. The van der Waals surface area contributed by atoms with Crippen LogP contribution in [0, 0.1) is 0 Å². The zero-order valence-electron chi connectivity index (χ0n) is 13.8. The molecule has 2 aromatic heterocycles. The molecule has 0 spiro atoms. The third kappa shape index (κ3) is 3.28. The van der Waals surface area contributed by atoms with Crippen LogP contribution >= 0.6 is 11.3 Å². The number of aryl methyl sites for hydroxylation is 1. The zero-order chi connectivity index (χ0) is 17.1. The van der Waals surface area contributed by atoms with Crippen LogP contribution in [0.5, 0.6) is 5.75 Å². The van der Waals surface area contributed by atoms with Crippen molar-refractivity contribution in [1.82, 2.24) is 9.38 Å².